The van der Waals surface area contributed by atoms with Gasteiger partial charge in [0.1, 0.15) is 16.7 Å². The highest BCUT2D eigenvalue weighted by Gasteiger charge is 2.19. The average Bonchev–Trinajstić information content (AvgIpc) is 2.96. The van der Waals surface area contributed by atoms with Gasteiger partial charge in [0.05, 0.1) is 0 Å². The summed E-state index contributed by atoms with van der Waals surface area (Å²) in [4.78, 5) is 0. The van der Waals surface area contributed by atoms with Crippen LogP contribution in [-0.2, 0) is 12.8 Å². The number of aryl methyl sites for hydroxylation is 1. The third-order valence-electron chi connectivity index (χ3n) is 4.80. The van der Waals surface area contributed by atoms with Crippen molar-refractivity contribution in [2.75, 3.05) is 0 Å². The van der Waals surface area contributed by atoms with Crippen molar-refractivity contribution in [3.8, 4) is 22.3 Å². The van der Waals surface area contributed by atoms with E-state index in [2.05, 4.69) is 25.1 Å². The summed E-state index contributed by atoms with van der Waals surface area (Å²) >= 11 is 5.58. The quantitative estimate of drug-likeness (QED) is 0.354. The number of rotatable bonds is 3. The van der Waals surface area contributed by atoms with E-state index in [0.717, 1.165) is 24.8 Å². The SMILES string of the molecule is CCCc1ccc2c(c1)Cc1cc(-c3cc(F)c(Cl)c(F)c3)ccc1-2. The van der Waals surface area contributed by atoms with Gasteiger partial charge in [-0.25, -0.2) is 8.78 Å². The Morgan fingerprint density at radius 2 is 1.48 bits per heavy atom. The Bertz CT molecular complexity index is 953. The van der Waals surface area contributed by atoms with Crippen LogP contribution in [-0.4, -0.2) is 0 Å². The van der Waals surface area contributed by atoms with Crippen LogP contribution in [0, 0.1) is 11.6 Å². The van der Waals surface area contributed by atoms with E-state index < -0.39 is 16.7 Å². The van der Waals surface area contributed by atoms with Crippen molar-refractivity contribution in [1.82, 2.24) is 0 Å². The Morgan fingerprint density at radius 3 is 2.16 bits per heavy atom. The van der Waals surface area contributed by atoms with E-state index in [1.807, 2.05) is 18.2 Å². The molecule has 0 aromatic heterocycles. The summed E-state index contributed by atoms with van der Waals surface area (Å²) in [6, 6.07) is 15.2. The minimum Gasteiger partial charge on any atom is -0.205 e. The van der Waals surface area contributed by atoms with Gasteiger partial charge in [-0.1, -0.05) is 61.3 Å². The van der Waals surface area contributed by atoms with Gasteiger partial charge in [0.2, 0.25) is 0 Å². The Labute approximate surface area is 151 Å². The molecule has 1 aliphatic rings. The molecule has 4 rings (SSSR count). The molecule has 0 amide bonds. The molecule has 3 aromatic carbocycles. The molecule has 0 heterocycles. The van der Waals surface area contributed by atoms with Crippen molar-refractivity contribution in [1.29, 1.82) is 0 Å². The molecular weight excluding hydrogens is 338 g/mol. The van der Waals surface area contributed by atoms with Crippen molar-refractivity contribution >= 4 is 11.6 Å². The van der Waals surface area contributed by atoms with E-state index in [4.69, 9.17) is 11.6 Å². The minimum absolute atomic E-state index is 0.458. The standard InChI is InChI=1S/C22H17ClF2/c1-2-3-13-4-6-18-16(8-13)10-17-9-14(5-7-19(17)18)15-11-20(24)22(23)21(25)12-15/h4-9,11-12H,2-3,10H2,1H3. The van der Waals surface area contributed by atoms with Crippen LogP contribution in [0.3, 0.4) is 0 Å². The molecule has 0 fully saturated rings. The fraction of sp³-hybridized carbons (Fsp3) is 0.182. The van der Waals surface area contributed by atoms with Crippen molar-refractivity contribution in [3.63, 3.8) is 0 Å². The van der Waals surface area contributed by atoms with Crippen molar-refractivity contribution in [2.24, 2.45) is 0 Å². The van der Waals surface area contributed by atoms with Gasteiger partial charge in [-0.3, -0.25) is 0 Å². The maximum absolute atomic E-state index is 13.8. The van der Waals surface area contributed by atoms with Crippen LogP contribution in [0.4, 0.5) is 8.78 Å². The highest BCUT2D eigenvalue weighted by Crippen LogP contribution is 2.39. The van der Waals surface area contributed by atoms with E-state index in [0.29, 0.717) is 5.56 Å². The fourth-order valence-corrected chi connectivity index (χ4v) is 3.72. The fourth-order valence-electron chi connectivity index (χ4n) is 3.61. The summed E-state index contributed by atoms with van der Waals surface area (Å²) in [6.07, 6.45) is 3.07. The molecule has 0 spiro atoms. The Hall–Kier alpha value is -2.19. The first-order valence-corrected chi connectivity index (χ1v) is 8.84. The smallest absolute Gasteiger partial charge is 0.145 e. The van der Waals surface area contributed by atoms with Crippen molar-refractivity contribution in [3.05, 3.63) is 81.9 Å². The highest BCUT2D eigenvalue weighted by molar-refractivity contribution is 6.31. The van der Waals surface area contributed by atoms with Crippen molar-refractivity contribution < 1.29 is 8.78 Å². The monoisotopic (exact) mass is 354 g/mol. The molecule has 0 nitrogen and oxygen atoms in total. The lowest BCUT2D eigenvalue weighted by atomic mass is 9.98. The Balaban J connectivity index is 1.74. The molecule has 0 saturated carbocycles. The molecule has 1 aliphatic carbocycles. The third kappa shape index (κ3) is 2.85. The molecule has 0 N–H and O–H groups in total. The van der Waals surface area contributed by atoms with E-state index in [1.165, 1.54) is 39.9 Å². The number of fused-ring (bicyclic) bond motifs is 3. The van der Waals surface area contributed by atoms with Crippen LogP contribution in [0.25, 0.3) is 22.3 Å². The highest BCUT2D eigenvalue weighted by atomic mass is 35.5. The third-order valence-corrected chi connectivity index (χ3v) is 5.16. The molecule has 0 radical (unpaired) electrons. The van der Waals surface area contributed by atoms with Crippen LogP contribution >= 0.6 is 11.6 Å². The van der Waals surface area contributed by atoms with Gasteiger partial charge in [0.25, 0.3) is 0 Å². The molecule has 0 atom stereocenters. The minimum atomic E-state index is -0.732. The van der Waals surface area contributed by atoms with E-state index >= 15 is 0 Å². The van der Waals surface area contributed by atoms with E-state index in [1.54, 1.807) is 0 Å². The van der Waals surface area contributed by atoms with Crippen LogP contribution in [0.15, 0.2) is 48.5 Å². The maximum atomic E-state index is 13.8. The summed E-state index contributed by atoms with van der Waals surface area (Å²) < 4.78 is 27.5. The van der Waals surface area contributed by atoms with Gasteiger partial charge in [-0.15, -0.1) is 0 Å². The predicted molar refractivity (Wildman–Crippen MR) is 99.0 cm³/mol. The first-order chi connectivity index (χ1) is 12.1. The lowest BCUT2D eigenvalue weighted by Crippen LogP contribution is -1.89. The zero-order valence-electron chi connectivity index (χ0n) is 13.9. The number of halogens is 3. The van der Waals surface area contributed by atoms with Gasteiger partial charge >= 0.3 is 0 Å². The molecule has 126 valence electrons. The summed E-state index contributed by atoms with van der Waals surface area (Å²) in [7, 11) is 0. The number of hydrogen-bond acceptors (Lipinski definition) is 0. The number of hydrogen-bond donors (Lipinski definition) is 0. The van der Waals surface area contributed by atoms with E-state index in [9.17, 15) is 8.78 Å². The van der Waals surface area contributed by atoms with Crippen LogP contribution < -0.4 is 0 Å². The van der Waals surface area contributed by atoms with Gasteiger partial charge in [-0.05, 0) is 63.9 Å². The largest absolute Gasteiger partial charge is 0.205 e. The van der Waals surface area contributed by atoms with Gasteiger partial charge in [-0.2, -0.15) is 0 Å². The molecular formula is C22H17ClF2. The van der Waals surface area contributed by atoms with Crippen LogP contribution in [0.5, 0.6) is 0 Å². The Kier molecular flexibility index (Phi) is 4.09. The average molecular weight is 355 g/mol. The summed E-state index contributed by atoms with van der Waals surface area (Å²) in [5.74, 6) is -1.46. The van der Waals surface area contributed by atoms with E-state index in [-0.39, 0.29) is 0 Å². The predicted octanol–water partition coefficient (Wildman–Crippen LogP) is 6.81. The summed E-state index contributed by atoms with van der Waals surface area (Å²) in [5.41, 5.74) is 7.64. The van der Waals surface area contributed by atoms with Gasteiger partial charge in [0, 0.05) is 0 Å². The maximum Gasteiger partial charge on any atom is 0.145 e. The number of benzene rings is 3. The second kappa shape index (κ2) is 6.27. The second-order valence-electron chi connectivity index (χ2n) is 6.54. The first-order valence-electron chi connectivity index (χ1n) is 8.47. The normalized spacial score (nSPS) is 12.2. The van der Waals surface area contributed by atoms with Gasteiger partial charge in [0.15, 0.2) is 0 Å². The molecule has 0 bridgehead atoms. The topological polar surface area (TPSA) is 0 Å². The lowest BCUT2D eigenvalue weighted by Gasteiger charge is -2.07. The zero-order chi connectivity index (χ0) is 17.6. The lowest BCUT2D eigenvalue weighted by molar-refractivity contribution is 0.585. The molecule has 3 heteroatoms. The second-order valence-corrected chi connectivity index (χ2v) is 6.92. The van der Waals surface area contributed by atoms with Crippen LogP contribution in [0.2, 0.25) is 5.02 Å². The van der Waals surface area contributed by atoms with Gasteiger partial charge < -0.3 is 0 Å². The van der Waals surface area contributed by atoms with Crippen LogP contribution in [0.1, 0.15) is 30.0 Å². The Morgan fingerprint density at radius 1 is 0.840 bits per heavy atom. The zero-order valence-corrected chi connectivity index (χ0v) is 14.6. The molecule has 0 aliphatic heterocycles. The molecule has 0 unspecified atom stereocenters. The van der Waals surface area contributed by atoms with Crippen molar-refractivity contribution in [2.45, 2.75) is 26.2 Å². The summed E-state index contributed by atoms with van der Waals surface area (Å²) in [5, 5.41) is -0.458. The molecule has 25 heavy (non-hydrogen) atoms. The summed E-state index contributed by atoms with van der Waals surface area (Å²) in [6.45, 7) is 2.18. The molecule has 0 saturated heterocycles. The first kappa shape index (κ1) is 16.3. The molecule has 3 aromatic rings.